The Morgan fingerprint density at radius 1 is 1.30 bits per heavy atom. The van der Waals surface area contributed by atoms with Gasteiger partial charge in [-0.15, -0.1) is 0 Å². The first-order chi connectivity index (χ1) is 14.4. The number of aryl methyl sites for hydroxylation is 1. The molecular weight excluding hydrogens is 404 g/mol. The summed E-state index contributed by atoms with van der Waals surface area (Å²) in [6.07, 6.45) is 0. The van der Waals surface area contributed by atoms with E-state index in [4.69, 9.17) is 26.5 Å². The molecule has 0 fully saturated rings. The number of nitrogens with one attached hydrogen (secondary N) is 1. The molecule has 2 heterocycles. The number of benzene rings is 2. The second-order valence-electron chi connectivity index (χ2n) is 6.86. The van der Waals surface area contributed by atoms with Gasteiger partial charge < -0.3 is 9.47 Å². The van der Waals surface area contributed by atoms with Crippen molar-refractivity contribution in [1.29, 1.82) is 10.7 Å². The molecule has 0 spiro atoms. The van der Waals surface area contributed by atoms with Crippen LogP contribution in [0.4, 0.5) is 0 Å². The van der Waals surface area contributed by atoms with Crippen LogP contribution in [-0.4, -0.2) is 28.8 Å². The number of carbonyl (C=O) groups excluding carboxylic acids is 1. The summed E-state index contributed by atoms with van der Waals surface area (Å²) >= 11 is 6.13. The predicted octanol–water partition coefficient (Wildman–Crippen LogP) is 4.26. The number of hydrogen-bond donors (Lipinski definition) is 1. The minimum absolute atomic E-state index is 0.157. The molecular formula is C22H17ClN4O3. The molecule has 8 heteroatoms. The molecule has 2 unspecified atom stereocenters. The van der Waals surface area contributed by atoms with Crippen LogP contribution in [0, 0.1) is 29.6 Å². The van der Waals surface area contributed by atoms with Gasteiger partial charge in [0, 0.05) is 16.5 Å². The maximum Gasteiger partial charge on any atom is 0.337 e. The van der Waals surface area contributed by atoms with Gasteiger partial charge in [-0.2, -0.15) is 10.4 Å². The molecule has 150 valence electrons. The Hall–Kier alpha value is -3.63. The second kappa shape index (κ2) is 7.65. The van der Waals surface area contributed by atoms with Gasteiger partial charge in [0.05, 0.1) is 30.1 Å². The molecule has 1 aromatic heterocycles. The lowest BCUT2D eigenvalue weighted by Crippen LogP contribution is -2.31. The number of hydrogen-bond acceptors (Lipinski definition) is 6. The Kier molecular flexibility index (Phi) is 5.02. The lowest BCUT2D eigenvalue weighted by Gasteiger charge is -2.28. The summed E-state index contributed by atoms with van der Waals surface area (Å²) in [7, 11) is 1.32. The van der Waals surface area contributed by atoms with Crippen LogP contribution in [0.1, 0.15) is 33.1 Å². The zero-order chi connectivity index (χ0) is 21.4. The zero-order valence-corrected chi connectivity index (χ0v) is 17.0. The fourth-order valence-electron chi connectivity index (χ4n) is 3.68. The average Bonchev–Trinajstić information content (AvgIpc) is 3.08. The molecule has 1 N–H and O–H groups in total. The Labute approximate surface area is 177 Å². The van der Waals surface area contributed by atoms with Crippen molar-refractivity contribution in [1.82, 2.24) is 9.78 Å². The number of esters is 1. The van der Waals surface area contributed by atoms with Crippen LogP contribution in [0.2, 0.25) is 5.02 Å². The maximum atomic E-state index is 11.8. The Bertz CT molecular complexity index is 1190. The van der Waals surface area contributed by atoms with E-state index in [1.165, 1.54) is 7.11 Å². The molecule has 0 saturated heterocycles. The first kappa shape index (κ1) is 19.7. The summed E-state index contributed by atoms with van der Waals surface area (Å²) in [6, 6.07) is 16.1. The quantitative estimate of drug-likeness (QED) is 0.638. The first-order valence-electron chi connectivity index (χ1n) is 9.14. The minimum atomic E-state index is -0.822. The van der Waals surface area contributed by atoms with Crippen molar-refractivity contribution >= 4 is 23.5 Å². The molecule has 2 atom stereocenters. The molecule has 0 saturated carbocycles. The van der Waals surface area contributed by atoms with E-state index in [0.29, 0.717) is 27.8 Å². The van der Waals surface area contributed by atoms with E-state index >= 15 is 0 Å². The molecule has 30 heavy (non-hydrogen) atoms. The van der Waals surface area contributed by atoms with Crippen molar-refractivity contribution < 1.29 is 14.3 Å². The van der Waals surface area contributed by atoms with Gasteiger partial charge in [-0.25, -0.2) is 9.48 Å². The SMILES string of the molecule is COC(=O)c1ccc(C2c3c(C)nn(-c4cccc(Cl)c4)c3OC(=N)C2C#N)cc1. The Balaban J connectivity index is 1.87. The van der Waals surface area contributed by atoms with Crippen molar-refractivity contribution in [2.24, 2.45) is 5.92 Å². The largest absolute Gasteiger partial charge is 0.465 e. The normalized spacial score (nSPS) is 17.6. The van der Waals surface area contributed by atoms with Gasteiger partial charge in [0.25, 0.3) is 0 Å². The highest BCUT2D eigenvalue weighted by Crippen LogP contribution is 2.44. The number of carbonyl (C=O) groups is 1. The monoisotopic (exact) mass is 420 g/mol. The van der Waals surface area contributed by atoms with Crippen molar-refractivity contribution in [2.45, 2.75) is 12.8 Å². The first-order valence-corrected chi connectivity index (χ1v) is 9.52. The Morgan fingerprint density at radius 3 is 2.67 bits per heavy atom. The van der Waals surface area contributed by atoms with Crippen molar-refractivity contribution in [3.05, 3.63) is 75.9 Å². The number of rotatable bonds is 3. The smallest absolute Gasteiger partial charge is 0.337 e. The second-order valence-corrected chi connectivity index (χ2v) is 7.30. The summed E-state index contributed by atoms with van der Waals surface area (Å²) in [4.78, 5) is 11.8. The standard InChI is InChI=1S/C22H17ClN4O3/c1-12-18-19(13-6-8-14(9-7-13)22(28)29-2)17(11-24)20(25)30-21(18)27(26-12)16-5-3-4-15(23)10-16/h3-10,17,19,25H,1-2H3. The molecule has 0 aliphatic carbocycles. The highest BCUT2D eigenvalue weighted by Gasteiger charge is 2.41. The summed E-state index contributed by atoms with van der Waals surface area (Å²) < 4.78 is 12.1. The lowest BCUT2D eigenvalue weighted by molar-refractivity contribution is 0.0600. The molecule has 7 nitrogen and oxygen atoms in total. The summed E-state index contributed by atoms with van der Waals surface area (Å²) in [5.74, 6) is -1.50. The van der Waals surface area contributed by atoms with Gasteiger partial charge in [-0.1, -0.05) is 29.8 Å². The fraction of sp³-hybridized carbons (Fsp3) is 0.182. The third-order valence-corrected chi connectivity index (χ3v) is 5.31. The van der Waals surface area contributed by atoms with Crippen molar-refractivity contribution in [3.8, 4) is 17.6 Å². The van der Waals surface area contributed by atoms with E-state index in [1.807, 2.05) is 13.0 Å². The van der Waals surface area contributed by atoms with Crippen LogP contribution in [0.15, 0.2) is 48.5 Å². The zero-order valence-electron chi connectivity index (χ0n) is 16.2. The van der Waals surface area contributed by atoms with Crippen molar-refractivity contribution in [3.63, 3.8) is 0 Å². The van der Waals surface area contributed by atoms with Crippen molar-refractivity contribution in [2.75, 3.05) is 7.11 Å². The molecule has 1 aliphatic rings. The molecule has 1 aliphatic heterocycles. The molecule has 4 rings (SSSR count). The van der Waals surface area contributed by atoms with E-state index in [-0.39, 0.29) is 5.90 Å². The third-order valence-electron chi connectivity index (χ3n) is 5.08. The van der Waals surface area contributed by atoms with E-state index in [0.717, 1.165) is 11.1 Å². The average molecular weight is 421 g/mol. The molecule has 0 bridgehead atoms. The molecule has 2 aromatic carbocycles. The highest BCUT2D eigenvalue weighted by atomic mass is 35.5. The van der Waals surface area contributed by atoms with Gasteiger partial charge in [0.1, 0.15) is 5.92 Å². The van der Waals surface area contributed by atoms with Crippen LogP contribution in [0.5, 0.6) is 5.88 Å². The van der Waals surface area contributed by atoms with Crippen LogP contribution in [0.25, 0.3) is 5.69 Å². The highest BCUT2D eigenvalue weighted by molar-refractivity contribution is 6.30. The number of halogens is 1. The number of nitriles is 1. The topological polar surface area (TPSA) is 101 Å². The number of fused-ring (bicyclic) bond motifs is 1. The Morgan fingerprint density at radius 2 is 2.03 bits per heavy atom. The van der Waals surface area contributed by atoms with E-state index < -0.39 is 17.8 Å². The third kappa shape index (κ3) is 3.21. The predicted molar refractivity (Wildman–Crippen MR) is 110 cm³/mol. The fourth-order valence-corrected chi connectivity index (χ4v) is 3.86. The van der Waals surface area contributed by atoms with Crippen LogP contribution in [-0.2, 0) is 4.74 Å². The van der Waals surface area contributed by atoms with Gasteiger partial charge in [0.2, 0.25) is 11.8 Å². The number of methoxy groups -OCH3 is 1. The van der Waals surface area contributed by atoms with Crippen LogP contribution < -0.4 is 4.74 Å². The molecule has 3 aromatic rings. The maximum absolute atomic E-state index is 11.8. The molecule has 0 radical (unpaired) electrons. The van der Waals surface area contributed by atoms with Crippen LogP contribution >= 0.6 is 11.6 Å². The summed E-state index contributed by atoms with van der Waals surface area (Å²) in [5, 5.41) is 23.2. The number of aromatic nitrogens is 2. The van der Waals surface area contributed by atoms with Gasteiger partial charge in [-0.3, -0.25) is 5.41 Å². The minimum Gasteiger partial charge on any atom is -0.465 e. The van der Waals surface area contributed by atoms with E-state index in [2.05, 4.69) is 11.2 Å². The summed E-state index contributed by atoms with van der Waals surface area (Å²) in [5.41, 5.74) is 3.28. The van der Waals surface area contributed by atoms with Gasteiger partial charge >= 0.3 is 5.97 Å². The van der Waals surface area contributed by atoms with E-state index in [9.17, 15) is 10.1 Å². The van der Waals surface area contributed by atoms with Crippen LogP contribution in [0.3, 0.4) is 0 Å². The van der Waals surface area contributed by atoms with Gasteiger partial charge in [-0.05, 0) is 42.8 Å². The van der Waals surface area contributed by atoms with E-state index in [1.54, 1.807) is 47.1 Å². The number of ether oxygens (including phenoxy) is 2. The van der Waals surface area contributed by atoms with Gasteiger partial charge in [0.15, 0.2) is 0 Å². The lowest BCUT2D eigenvalue weighted by atomic mass is 9.79. The summed E-state index contributed by atoms with van der Waals surface area (Å²) in [6.45, 7) is 1.84. The number of nitrogens with zero attached hydrogens (tertiary/aromatic N) is 3. The molecule has 0 amide bonds.